The van der Waals surface area contributed by atoms with Gasteiger partial charge in [0.05, 0.1) is 5.56 Å². The number of likely N-dealkylation sites (tertiary alicyclic amines) is 1. The van der Waals surface area contributed by atoms with E-state index in [-0.39, 0.29) is 23.9 Å². The van der Waals surface area contributed by atoms with Crippen molar-refractivity contribution in [2.45, 2.75) is 31.7 Å². The molecule has 0 saturated carbocycles. The summed E-state index contributed by atoms with van der Waals surface area (Å²) < 4.78 is 46.4. The minimum atomic E-state index is -4.68. The van der Waals surface area contributed by atoms with Crippen molar-refractivity contribution >= 4 is 17.6 Å². The monoisotopic (exact) mass is 497 g/mol. The molecule has 0 aromatic heterocycles. The maximum Gasteiger partial charge on any atom is 0.416 e. The topological polar surface area (TPSA) is 70.7 Å². The van der Waals surface area contributed by atoms with Crippen LogP contribution in [0, 0.1) is 0 Å². The highest BCUT2D eigenvalue weighted by atomic mass is 19.4. The highest BCUT2D eigenvalue weighted by Crippen LogP contribution is 2.32. The Hall–Kier alpha value is -4.01. The van der Waals surface area contributed by atoms with Gasteiger partial charge in [-0.25, -0.2) is 4.79 Å². The van der Waals surface area contributed by atoms with E-state index >= 15 is 0 Å². The minimum Gasteiger partial charge on any atom is -0.490 e. The van der Waals surface area contributed by atoms with Gasteiger partial charge in [0, 0.05) is 43.7 Å². The van der Waals surface area contributed by atoms with Gasteiger partial charge < -0.3 is 20.3 Å². The fourth-order valence-corrected chi connectivity index (χ4v) is 3.95. The van der Waals surface area contributed by atoms with Crippen LogP contribution < -0.4 is 15.4 Å². The normalized spacial score (nSPS) is 14.2. The average Bonchev–Trinajstić information content (AvgIpc) is 2.88. The molecule has 0 aliphatic carbocycles. The second kappa shape index (κ2) is 11.2. The molecular weight excluding hydrogens is 471 g/mol. The first-order chi connectivity index (χ1) is 17.3. The van der Waals surface area contributed by atoms with Gasteiger partial charge in [0.1, 0.15) is 11.9 Å². The van der Waals surface area contributed by atoms with Crippen LogP contribution in [0.1, 0.15) is 34.3 Å². The van der Waals surface area contributed by atoms with E-state index in [0.717, 1.165) is 23.4 Å². The van der Waals surface area contributed by atoms with Crippen molar-refractivity contribution in [2.75, 3.05) is 18.4 Å². The van der Waals surface area contributed by atoms with E-state index in [1.165, 1.54) is 11.0 Å². The number of ether oxygens (including phenoxy) is 1. The zero-order valence-corrected chi connectivity index (χ0v) is 19.4. The van der Waals surface area contributed by atoms with Gasteiger partial charge in [-0.3, -0.25) is 4.79 Å². The van der Waals surface area contributed by atoms with E-state index in [9.17, 15) is 22.8 Å². The van der Waals surface area contributed by atoms with Gasteiger partial charge in [-0.05, 0) is 35.9 Å². The maximum atomic E-state index is 13.5. The predicted octanol–water partition coefficient (Wildman–Crippen LogP) is 5.71. The molecule has 1 saturated heterocycles. The number of para-hydroxylation sites is 1. The van der Waals surface area contributed by atoms with E-state index in [0.29, 0.717) is 25.9 Å². The van der Waals surface area contributed by atoms with E-state index in [4.69, 9.17) is 4.74 Å². The molecule has 0 unspecified atom stereocenters. The Morgan fingerprint density at radius 2 is 1.56 bits per heavy atom. The number of amides is 3. The summed E-state index contributed by atoms with van der Waals surface area (Å²) >= 11 is 0. The lowest BCUT2D eigenvalue weighted by molar-refractivity contribution is -0.137. The van der Waals surface area contributed by atoms with Crippen molar-refractivity contribution < 1.29 is 27.5 Å². The number of rotatable bonds is 6. The smallest absolute Gasteiger partial charge is 0.416 e. The zero-order valence-electron chi connectivity index (χ0n) is 19.4. The molecule has 9 heteroatoms. The molecule has 36 heavy (non-hydrogen) atoms. The third kappa shape index (κ3) is 6.78. The third-order valence-electron chi connectivity index (χ3n) is 5.84. The van der Waals surface area contributed by atoms with Gasteiger partial charge in [-0.1, -0.05) is 48.5 Å². The SMILES string of the molecule is O=C(NCc1ccccc1)c1cc(NC(=O)N2CCC(Oc3ccccc3)CC2)cc(C(F)(F)F)c1. The van der Waals surface area contributed by atoms with Gasteiger partial charge in [0.15, 0.2) is 0 Å². The summed E-state index contributed by atoms with van der Waals surface area (Å²) in [7, 11) is 0. The van der Waals surface area contributed by atoms with Crippen LogP contribution in [0.3, 0.4) is 0 Å². The van der Waals surface area contributed by atoms with Crippen LogP contribution >= 0.6 is 0 Å². The number of benzene rings is 3. The molecule has 0 bridgehead atoms. The number of carbonyl (C=O) groups is 2. The van der Waals surface area contributed by atoms with Crippen LogP contribution in [0.2, 0.25) is 0 Å². The Balaban J connectivity index is 1.40. The van der Waals surface area contributed by atoms with E-state index < -0.39 is 23.7 Å². The van der Waals surface area contributed by atoms with Crippen LogP contribution in [-0.2, 0) is 12.7 Å². The fraction of sp³-hybridized carbons (Fsp3) is 0.259. The van der Waals surface area contributed by atoms with Crippen molar-refractivity contribution in [3.05, 3.63) is 95.6 Å². The van der Waals surface area contributed by atoms with Crippen LogP contribution in [-0.4, -0.2) is 36.0 Å². The number of anilines is 1. The molecule has 1 aliphatic heterocycles. The molecule has 1 aliphatic rings. The van der Waals surface area contributed by atoms with Gasteiger partial charge in [0.2, 0.25) is 0 Å². The molecule has 3 amide bonds. The lowest BCUT2D eigenvalue weighted by atomic mass is 10.1. The largest absolute Gasteiger partial charge is 0.490 e. The average molecular weight is 498 g/mol. The molecule has 2 N–H and O–H groups in total. The fourth-order valence-electron chi connectivity index (χ4n) is 3.95. The number of urea groups is 1. The Kier molecular flexibility index (Phi) is 7.77. The molecule has 4 rings (SSSR count). The Morgan fingerprint density at radius 3 is 2.19 bits per heavy atom. The molecular formula is C27H26F3N3O3. The third-order valence-corrected chi connectivity index (χ3v) is 5.84. The number of hydrogen-bond donors (Lipinski definition) is 2. The predicted molar refractivity (Wildman–Crippen MR) is 130 cm³/mol. The second-order valence-electron chi connectivity index (χ2n) is 8.51. The summed E-state index contributed by atoms with van der Waals surface area (Å²) in [5.41, 5.74) is -0.487. The van der Waals surface area contributed by atoms with Crippen LogP contribution in [0.25, 0.3) is 0 Å². The summed E-state index contributed by atoms with van der Waals surface area (Å²) in [6, 6.07) is 20.7. The number of carbonyl (C=O) groups excluding carboxylic acids is 2. The minimum absolute atomic E-state index is 0.0510. The number of piperidine rings is 1. The summed E-state index contributed by atoms with van der Waals surface area (Å²) in [6.07, 6.45) is -3.54. The molecule has 1 fully saturated rings. The summed E-state index contributed by atoms with van der Waals surface area (Å²) in [4.78, 5) is 26.9. The lowest BCUT2D eigenvalue weighted by Crippen LogP contribution is -2.43. The quantitative estimate of drug-likeness (QED) is 0.458. The van der Waals surface area contributed by atoms with Gasteiger partial charge in [0.25, 0.3) is 5.91 Å². The number of halogens is 3. The van der Waals surface area contributed by atoms with E-state index in [1.54, 1.807) is 24.3 Å². The van der Waals surface area contributed by atoms with Crippen molar-refractivity contribution in [1.82, 2.24) is 10.2 Å². The lowest BCUT2D eigenvalue weighted by Gasteiger charge is -2.32. The number of nitrogens with one attached hydrogen (secondary N) is 2. The van der Waals surface area contributed by atoms with Crippen molar-refractivity contribution in [1.29, 1.82) is 0 Å². The van der Waals surface area contributed by atoms with Crippen molar-refractivity contribution in [3.8, 4) is 5.75 Å². The Morgan fingerprint density at radius 1 is 0.917 bits per heavy atom. The number of hydrogen-bond acceptors (Lipinski definition) is 3. The van der Waals surface area contributed by atoms with Gasteiger partial charge in [-0.2, -0.15) is 13.2 Å². The first-order valence-corrected chi connectivity index (χ1v) is 11.6. The number of nitrogens with zero attached hydrogens (tertiary/aromatic N) is 1. The molecule has 6 nitrogen and oxygen atoms in total. The summed E-state index contributed by atoms with van der Waals surface area (Å²) in [6.45, 7) is 0.955. The van der Waals surface area contributed by atoms with Gasteiger partial charge in [-0.15, -0.1) is 0 Å². The molecule has 3 aromatic carbocycles. The first kappa shape index (κ1) is 25.1. The number of alkyl halides is 3. The highest BCUT2D eigenvalue weighted by molar-refractivity contribution is 5.97. The van der Waals surface area contributed by atoms with E-state index in [1.807, 2.05) is 36.4 Å². The zero-order chi connectivity index (χ0) is 25.5. The first-order valence-electron chi connectivity index (χ1n) is 11.6. The summed E-state index contributed by atoms with van der Waals surface area (Å²) in [5.74, 6) is 0.0850. The van der Waals surface area contributed by atoms with Crippen LogP contribution in [0.15, 0.2) is 78.9 Å². The van der Waals surface area contributed by atoms with Crippen molar-refractivity contribution in [3.63, 3.8) is 0 Å². The summed E-state index contributed by atoms with van der Waals surface area (Å²) in [5, 5.41) is 5.14. The molecule has 3 aromatic rings. The molecule has 0 atom stereocenters. The molecule has 0 radical (unpaired) electrons. The van der Waals surface area contributed by atoms with Crippen molar-refractivity contribution in [2.24, 2.45) is 0 Å². The van der Waals surface area contributed by atoms with Gasteiger partial charge >= 0.3 is 12.2 Å². The molecule has 0 spiro atoms. The van der Waals surface area contributed by atoms with Crippen LogP contribution in [0.5, 0.6) is 5.75 Å². The molecule has 1 heterocycles. The van der Waals surface area contributed by atoms with Crippen LogP contribution in [0.4, 0.5) is 23.7 Å². The Bertz CT molecular complexity index is 1180. The Labute approximate surface area is 207 Å². The highest BCUT2D eigenvalue weighted by Gasteiger charge is 2.32. The maximum absolute atomic E-state index is 13.5. The second-order valence-corrected chi connectivity index (χ2v) is 8.51. The standard InChI is InChI=1S/C27H26F3N3O3/c28-27(29,30)21-15-20(25(34)31-18-19-7-3-1-4-8-19)16-22(17-21)32-26(35)33-13-11-24(12-14-33)36-23-9-5-2-6-10-23/h1-10,15-17,24H,11-14,18H2,(H,31,34)(H,32,35). The van der Waals surface area contributed by atoms with E-state index in [2.05, 4.69) is 10.6 Å². The molecule has 188 valence electrons.